The van der Waals surface area contributed by atoms with E-state index in [0.717, 1.165) is 45.4 Å². The van der Waals surface area contributed by atoms with Gasteiger partial charge < -0.3 is 9.47 Å². The van der Waals surface area contributed by atoms with Crippen LogP contribution >= 0.6 is 27.3 Å². The number of fused-ring (bicyclic) bond motifs is 1. The summed E-state index contributed by atoms with van der Waals surface area (Å²) in [5, 5.41) is 10.6. The summed E-state index contributed by atoms with van der Waals surface area (Å²) in [6.45, 7) is 7.37. The lowest BCUT2D eigenvalue weighted by molar-refractivity contribution is 0.218. The molecule has 4 nitrogen and oxygen atoms in total. The summed E-state index contributed by atoms with van der Waals surface area (Å²) in [7, 11) is 1.63. The molecule has 4 rings (SSSR count). The van der Waals surface area contributed by atoms with Gasteiger partial charge in [-0.1, -0.05) is 51.1 Å². The lowest BCUT2D eigenvalue weighted by Gasteiger charge is -2.33. The molecular formula is C28H29BrN2O2S. The molecule has 1 aliphatic carbocycles. The number of benzene rings is 2. The van der Waals surface area contributed by atoms with Gasteiger partial charge in [0.15, 0.2) is 11.5 Å². The van der Waals surface area contributed by atoms with Crippen LogP contribution in [0.15, 0.2) is 51.9 Å². The van der Waals surface area contributed by atoms with Gasteiger partial charge in [0.05, 0.1) is 12.7 Å². The predicted octanol–water partition coefficient (Wildman–Crippen LogP) is 7.87. The molecule has 1 atom stereocenters. The molecule has 176 valence electrons. The fourth-order valence-corrected chi connectivity index (χ4v) is 5.95. The highest BCUT2D eigenvalue weighted by Crippen LogP contribution is 2.45. The molecule has 0 fully saturated rings. The van der Waals surface area contributed by atoms with Crippen molar-refractivity contribution in [2.24, 2.45) is 16.3 Å². The smallest absolute Gasteiger partial charge is 0.162 e. The van der Waals surface area contributed by atoms with Crippen LogP contribution in [0.1, 0.15) is 54.3 Å². The summed E-state index contributed by atoms with van der Waals surface area (Å²) < 4.78 is 12.4. The van der Waals surface area contributed by atoms with Crippen molar-refractivity contribution in [1.29, 1.82) is 5.26 Å². The second kappa shape index (κ2) is 10.3. The van der Waals surface area contributed by atoms with Crippen LogP contribution in [0.25, 0.3) is 0 Å². The largest absolute Gasteiger partial charge is 0.493 e. The average molecular weight is 538 g/mol. The minimum absolute atomic E-state index is 0.268. The van der Waals surface area contributed by atoms with E-state index in [-0.39, 0.29) is 5.41 Å². The molecular weight excluding hydrogens is 508 g/mol. The van der Waals surface area contributed by atoms with Crippen molar-refractivity contribution in [3.63, 3.8) is 0 Å². The molecule has 2 aromatic carbocycles. The third-order valence-electron chi connectivity index (χ3n) is 6.42. The van der Waals surface area contributed by atoms with Gasteiger partial charge in [0.2, 0.25) is 0 Å². The van der Waals surface area contributed by atoms with Crippen LogP contribution in [0, 0.1) is 22.7 Å². The molecule has 0 amide bonds. The van der Waals surface area contributed by atoms with E-state index in [1.54, 1.807) is 24.7 Å². The van der Waals surface area contributed by atoms with E-state index in [0.29, 0.717) is 24.0 Å². The number of hydrogen-bond donors (Lipinski definition) is 0. The maximum absolute atomic E-state index is 9.85. The number of ether oxygens (including phenoxy) is 2. The van der Waals surface area contributed by atoms with E-state index >= 15 is 0 Å². The first-order valence-electron chi connectivity index (χ1n) is 11.4. The first-order valence-corrected chi connectivity index (χ1v) is 13.0. The maximum atomic E-state index is 9.85. The standard InChI is InChI=1S/C28H29BrN2O2S/c1-28(2,3)20-10-11-21-22(15-30)27(34-26(21)13-20)31-16-19-12-24(32-4)25(14-23(19)29)33-17-18-8-6-5-7-9-18/h5-9,12,14,16,20H,10-11,13,17H2,1-4H3/t20-/m1/s1. The van der Waals surface area contributed by atoms with Crippen LogP contribution in [0.2, 0.25) is 0 Å². The first kappa shape index (κ1) is 24.5. The minimum Gasteiger partial charge on any atom is -0.493 e. The molecule has 0 unspecified atom stereocenters. The molecule has 0 saturated carbocycles. The van der Waals surface area contributed by atoms with Crippen LogP contribution in [-0.4, -0.2) is 13.3 Å². The maximum Gasteiger partial charge on any atom is 0.162 e. The molecule has 0 saturated heterocycles. The van der Waals surface area contributed by atoms with Gasteiger partial charge in [-0.25, -0.2) is 4.99 Å². The topological polar surface area (TPSA) is 54.6 Å². The molecule has 0 bridgehead atoms. The van der Waals surface area contributed by atoms with Crippen LogP contribution < -0.4 is 9.47 Å². The van der Waals surface area contributed by atoms with E-state index in [9.17, 15) is 5.26 Å². The molecule has 0 aliphatic heterocycles. The van der Waals surface area contributed by atoms with Crippen molar-refractivity contribution in [2.75, 3.05) is 7.11 Å². The Morgan fingerprint density at radius 1 is 1.21 bits per heavy atom. The second-order valence-electron chi connectivity index (χ2n) is 9.66. The van der Waals surface area contributed by atoms with Gasteiger partial charge in [-0.2, -0.15) is 5.26 Å². The Balaban J connectivity index is 1.57. The molecule has 0 N–H and O–H groups in total. The third-order valence-corrected chi connectivity index (χ3v) is 8.27. The van der Waals surface area contributed by atoms with Crippen molar-refractivity contribution in [1.82, 2.24) is 0 Å². The van der Waals surface area contributed by atoms with Gasteiger partial charge in [-0.15, -0.1) is 11.3 Å². The summed E-state index contributed by atoms with van der Waals surface area (Å²) in [6.07, 6.45) is 4.90. The van der Waals surface area contributed by atoms with Gasteiger partial charge in [0, 0.05) is 21.1 Å². The zero-order chi connectivity index (χ0) is 24.3. The van der Waals surface area contributed by atoms with Gasteiger partial charge in [-0.3, -0.25) is 0 Å². The lowest BCUT2D eigenvalue weighted by atomic mass is 9.72. The Labute approximate surface area is 214 Å². The SMILES string of the molecule is COc1cc(C=Nc2sc3c(c2C#N)CC[C@@H](C(C)(C)C)C3)c(Br)cc1OCc1ccccc1. The minimum atomic E-state index is 0.268. The highest BCUT2D eigenvalue weighted by molar-refractivity contribution is 9.10. The number of methoxy groups -OCH3 is 1. The fraction of sp³-hybridized carbons (Fsp3) is 0.357. The monoisotopic (exact) mass is 536 g/mol. The summed E-state index contributed by atoms with van der Waals surface area (Å²) >= 11 is 5.30. The Kier molecular flexibility index (Phi) is 7.45. The van der Waals surface area contributed by atoms with Crippen molar-refractivity contribution < 1.29 is 9.47 Å². The fourth-order valence-electron chi connectivity index (χ4n) is 4.30. The lowest BCUT2D eigenvalue weighted by Crippen LogP contribution is -2.26. The molecule has 1 heterocycles. The number of hydrogen-bond acceptors (Lipinski definition) is 5. The molecule has 0 spiro atoms. The zero-order valence-corrected chi connectivity index (χ0v) is 22.4. The summed E-state index contributed by atoms with van der Waals surface area (Å²) in [5.74, 6) is 1.93. The van der Waals surface area contributed by atoms with Crippen LogP contribution in [0.4, 0.5) is 5.00 Å². The number of nitriles is 1. The van der Waals surface area contributed by atoms with E-state index in [2.05, 4.69) is 42.8 Å². The number of thiophene rings is 1. The summed E-state index contributed by atoms with van der Waals surface area (Å²) in [4.78, 5) is 6.06. The van der Waals surface area contributed by atoms with Crippen LogP contribution in [0.5, 0.6) is 11.5 Å². The average Bonchev–Trinajstić information content (AvgIpc) is 3.18. The first-order chi connectivity index (χ1) is 16.3. The van der Waals surface area contributed by atoms with E-state index in [4.69, 9.17) is 14.5 Å². The molecule has 6 heteroatoms. The van der Waals surface area contributed by atoms with Gasteiger partial charge in [0.25, 0.3) is 0 Å². The van der Waals surface area contributed by atoms with Crippen molar-refractivity contribution in [3.8, 4) is 17.6 Å². The molecule has 34 heavy (non-hydrogen) atoms. The highest BCUT2D eigenvalue weighted by Gasteiger charge is 2.32. The van der Waals surface area contributed by atoms with Crippen LogP contribution in [-0.2, 0) is 19.4 Å². The Bertz CT molecular complexity index is 1240. The van der Waals surface area contributed by atoms with Gasteiger partial charge >= 0.3 is 0 Å². The van der Waals surface area contributed by atoms with Crippen molar-refractivity contribution in [2.45, 2.75) is 46.6 Å². The molecule has 1 aromatic heterocycles. The predicted molar refractivity (Wildman–Crippen MR) is 143 cm³/mol. The number of halogens is 1. The number of rotatable bonds is 6. The second-order valence-corrected chi connectivity index (χ2v) is 11.6. The Morgan fingerprint density at radius 3 is 2.65 bits per heavy atom. The van der Waals surface area contributed by atoms with E-state index < -0.39 is 0 Å². The normalized spacial score (nSPS) is 15.7. The Hall–Kier alpha value is -2.62. The number of aliphatic imine (C=N–C) groups is 1. The van der Waals surface area contributed by atoms with Gasteiger partial charge in [-0.05, 0) is 69.8 Å². The van der Waals surface area contributed by atoms with E-state index in [1.807, 2.05) is 42.5 Å². The van der Waals surface area contributed by atoms with Gasteiger partial charge in [0.1, 0.15) is 17.7 Å². The van der Waals surface area contributed by atoms with Crippen LogP contribution in [0.3, 0.4) is 0 Å². The summed E-state index contributed by atoms with van der Waals surface area (Å²) in [5.41, 5.74) is 4.15. The van der Waals surface area contributed by atoms with E-state index in [1.165, 1.54) is 10.4 Å². The molecule has 0 radical (unpaired) electrons. The summed E-state index contributed by atoms with van der Waals surface area (Å²) in [6, 6.07) is 16.2. The van der Waals surface area contributed by atoms with Crippen molar-refractivity contribution >= 4 is 38.5 Å². The number of nitrogens with zero attached hydrogens (tertiary/aromatic N) is 2. The quantitative estimate of drug-likeness (QED) is 0.301. The molecule has 1 aliphatic rings. The highest BCUT2D eigenvalue weighted by atomic mass is 79.9. The third kappa shape index (κ3) is 5.37. The Morgan fingerprint density at radius 2 is 1.97 bits per heavy atom. The van der Waals surface area contributed by atoms with Crippen molar-refractivity contribution in [3.05, 3.63) is 74.1 Å². The zero-order valence-electron chi connectivity index (χ0n) is 20.0. The molecule has 3 aromatic rings.